The number of oxime groups is 1. The Morgan fingerprint density at radius 3 is 2.53 bits per heavy atom. The van der Waals surface area contributed by atoms with E-state index in [0.717, 1.165) is 5.56 Å². The molecule has 0 aliphatic rings. The Morgan fingerprint density at radius 1 is 1.29 bits per heavy atom. The molecule has 0 aliphatic carbocycles. The normalized spacial score (nSPS) is 10.5. The third kappa shape index (κ3) is 4.68. The van der Waals surface area contributed by atoms with Gasteiger partial charge in [0.15, 0.2) is 6.61 Å². The molecule has 4 heteroatoms. The molecule has 0 heterocycles. The van der Waals surface area contributed by atoms with Crippen molar-refractivity contribution in [3.8, 4) is 0 Å². The van der Waals surface area contributed by atoms with Crippen molar-refractivity contribution in [1.29, 1.82) is 0 Å². The van der Waals surface area contributed by atoms with E-state index in [-0.39, 0.29) is 12.5 Å². The van der Waals surface area contributed by atoms with E-state index in [2.05, 4.69) is 5.16 Å². The van der Waals surface area contributed by atoms with Crippen LogP contribution < -0.4 is 0 Å². The maximum absolute atomic E-state index is 11.5. The Labute approximate surface area is 102 Å². The zero-order valence-electron chi connectivity index (χ0n) is 10.3. The van der Waals surface area contributed by atoms with Gasteiger partial charge in [0.25, 0.3) is 5.91 Å². The first-order chi connectivity index (χ1) is 8.27. The first kappa shape index (κ1) is 13.2. The lowest BCUT2D eigenvalue weighted by atomic mass is 10.2. The third-order valence-corrected chi connectivity index (χ3v) is 2.38. The van der Waals surface area contributed by atoms with Gasteiger partial charge in [-0.3, -0.25) is 4.79 Å². The summed E-state index contributed by atoms with van der Waals surface area (Å²) in [6, 6.07) is 9.60. The largest absolute Gasteiger partial charge is 0.386 e. The van der Waals surface area contributed by atoms with Crippen LogP contribution in [-0.4, -0.2) is 36.7 Å². The standard InChI is InChI=1S/C13H18N2O2/c1-3-15(4-2)13(16)11-17-14-10-12-8-6-5-7-9-12/h5-10H,3-4,11H2,1-2H3/b14-10+. The van der Waals surface area contributed by atoms with Crippen molar-refractivity contribution in [3.63, 3.8) is 0 Å². The molecule has 0 aromatic heterocycles. The van der Waals surface area contributed by atoms with E-state index in [1.807, 2.05) is 44.2 Å². The van der Waals surface area contributed by atoms with Crippen LogP contribution in [0.15, 0.2) is 35.5 Å². The molecule has 1 aromatic rings. The van der Waals surface area contributed by atoms with Gasteiger partial charge < -0.3 is 9.74 Å². The van der Waals surface area contributed by atoms with Crippen LogP contribution in [-0.2, 0) is 9.63 Å². The first-order valence-corrected chi connectivity index (χ1v) is 5.76. The summed E-state index contributed by atoms with van der Waals surface area (Å²) >= 11 is 0. The van der Waals surface area contributed by atoms with Gasteiger partial charge in [-0.25, -0.2) is 0 Å². The molecule has 0 bridgehead atoms. The van der Waals surface area contributed by atoms with E-state index >= 15 is 0 Å². The number of carbonyl (C=O) groups is 1. The summed E-state index contributed by atoms with van der Waals surface area (Å²) in [5.74, 6) is -0.0415. The van der Waals surface area contributed by atoms with Gasteiger partial charge in [0.1, 0.15) is 0 Å². The van der Waals surface area contributed by atoms with E-state index in [1.165, 1.54) is 0 Å². The summed E-state index contributed by atoms with van der Waals surface area (Å²) in [5, 5.41) is 3.76. The van der Waals surface area contributed by atoms with E-state index in [9.17, 15) is 4.79 Å². The Kier molecular flexibility index (Phi) is 5.79. The molecule has 0 N–H and O–H groups in total. The van der Waals surface area contributed by atoms with Crippen molar-refractivity contribution in [3.05, 3.63) is 35.9 Å². The molecule has 0 aliphatic heterocycles. The van der Waals surface area contributed by atoms with Crippen molar-refractivity contribution >= 4 is 12.1 Å². The minimum atomic E-state index is -0.0415. The van der Waals surface area contributed by atoms with Crippen LogP contribution in [0.1, 0.15) is 19.4 Å². The number of hydrogen-bond acceptors (Lipinski definition) is 3. The summed E-state index contributed by atoms with van der Waals surface area (Å²) in [6.07, 6.45) is 1.59. The number of likely N-dealkylation sites (N-methyl/N-ethyl adjacent to an activating group) is 1. The number of benzene rings is 1. The quantitative estimate of drug-likeness (QED) is 0.557. The fourth-order valence-electron chi connectivity index (χ4n) is 1.40. The lowest BCUT2D eigenvalue weighted by Gasteiger charge is -2.17. The highest BCUT2D eigenvalue weighted by molar-refractivity contribution is 5.79. The van der Waals surface area contributed by atoms with Gasteiger partial charge in [-0.2, -0.15) is 0 Å². The highest BCUT2D eigenvalue weighted by Gasteiger charge is 2.08. The molecule has 0 saturated carbocycles. The fourth-order valence-corrected chi connectivity index (χ4v) is 1.40. The monoisotopic (exact) mass is 234 g/mol. The average Bonchev–Trinajstić information content (AvgIpc) is 2.37. The van der Waals surface area contributed by atoms with Gasteiger partial charge in [-0.15, -0.1) is 0 Å². The molecule has 0 radical (unpaired) electrons. The number of hydrogen-bond donors (Lipinski definition) is 0. The molecule has 1 aromatic carbocycles. The number of rotatable bonds is 6. The molecule has 0 unspecified atom stereocenters. The zero-order chi connectivity index (χ0) is 12.5. The topological polar surface area (TPSA) is 41.9 Å². The van der Waals surface area contributed by atoms with Gasteiger partial charge in [-0.1, -0.05) is 35.5 Å². The van der Waals surface area contributed by atoms with Crippen LogP contribution in [0.25, 0.3) is 0 Å². The molecule has 0 atom stereocenters. The highest BCUT2D eigenvalue weighted by Crippen LogP contribution is 1.95. The molecule has 17 heavy (non-hydrogen) atoms. The molecule has 0 saturated heterocycles. The van der Waals surface area contributed by atoms with Crippen LogP contribution in [0.3, 0.4) is 0 Å². The van der Waals surface area contributed by atoms with Gasteiger partial charge in [-0.05, 0) is 19.4 Å². The lowest BCUT2D eigenvalue weighted by molar-refractivity contribution is -0.135. The second-order valence-corrected chi connectivity index (χ2v) is 3.48. The van der Waals surface area contributed by atoms with Crippen LogP contribution in [0, 0.1) is 0 Å². The first-order valence-electron chi connectivity index (χ1n) is 5.76. The van der Waals surface area contributed by atoms with Crippen LogP contribution in [0.2, 0.25) is 0 Å². The van der Waals surface area contributed by atoms with Crippen molar-refractivity contribution < 1.29 is 9.63 Å². The maximum Gasteiger partial charge on any atom is 0.263 e. The van der Waals surface area contributed by atoms with Gasteiger partial charge in [0, 0.05) is 13.1 Å². The molecule has 4 nitrogen and oxygen atoms in total. The smallest absolute Gasteiger partial charge is 0.263 e. The molecule has 92 valence electrons. The summed E-state index contributed by atoms with van der Waals surface area (Å²) in [5.41, 5.74) is 0.947. The molecule has 1 amide bonds. The Hall–Kier alpha value is -1.84. The van der Waals surface area contributed by atoms with Crippen LogP contribution >= 0.6 is 0 Å². The molecular formula is C13H18N2O2. The Morgan fingerprint density at radius 2 is 1.94 bits per heavy atom. The SMILES string of the molecule is CCN(CC)C(=O)CO/N=C/c1ccccc1. The van der Waals surface area contributed by atoms with Crippen molar-refractivity contribution in [2.75, 3.05) is 19.7 Å². The van der Waals surface area contributed by atoms with Crippen molar-refractivity contribution in [2.24, 2.45) is 5.16 Å². The number of carbonyl (C=O) groups excluding carboxylic acids is 1. The minimum Gasteiger partial charge on any atom is -0.386 e. The Balaban J connectivity index is 2.33. The third-order valence-electron chi connectivity index (χ3n) is 2.38. The highest BCUT2D eigenvalue weighted by atomic mass is 16.6. The van der Waals surface area contributed by atoms with E-state index < -0.39 is 0 Å². The predicted molar refractivity (Wildman–Crippen MR) is 67.9 cm³/mol. The number of nitrogens with zero attached hydrogens (tertiary/aromatic N) is 2. The fraction of sp³-hybridized carbons (Fsp3) is 0.385. The van der Waals surface area contributed by atoms with Crippen molar-refractivity contribution in [2.45, 2.75) is 13.8 Å². The van der Waals surface area contributed by atoms with Gasteiger partial charge in [0.2, 0.25) is 0 Å². The molecular weight excluding hydrogens is 216 g/mol. The second-order valence-electron chi connectivity index (χ2n) is 3.48. The van der Waals surface area contributed by atoms with E-state index in [1.54, 1.807) is 11.1 Å². The summed E-state index contributed by atoms with van der Waals surface area (Å²) in [7, 11) is 0. The van der Waals surface area contributed by atoms with Crippen LogP contribution in [0.4, 0.5) is 0 Å². The predicted octanol–water partition coefficient (Wildman–Crippen LogP) is 1.91. The molecule has 1 rings (SSSR count). The zero-order valence-corrected chi connectivity index (χ0v) is 10.3. The molecule has 0 spiro atoms. The summed E-state index contributed by atoms with van der Waals surface area (Å²) < 4.78 is 0. The van der Waals surface area contributed by atoms with Crippen molar-refractivity contribution in [1.82, 2.24) is 4.90 Å². The summed E-state index contributed by atoms with van der Waals surface area (Å²) in [4.78, 5) is 18.2. The number of amides is 1. The van der Waals surface area contributed by atoms with E-state index in [0.29, 0.717) is 13.1 Å². The van der Waals surface area contributed by atoms with Crippen LogP contribution in [0.5, 0.6) is 0 Å². The average molecular weight is 234 g/mol. The lowest BCUT2D eigenvalue weighted by Crippen LogP contribution is -2.33. The Bertz CT molecular complexity index is 359. The van der Waals surface area contributed by atoms with E-state index in [4.69, 9.17) is 4.84 Å². The maximum atomic E-state index is 11.5. The molecule has 0 fully saturated rings. The van der Waals surface area contributed by atoms with Gasteiger partial charge in [0.05, 0.1) is 6.21 Å². The minimum absolute atomic E-state index is 0.00892. The second kappa shape index (κ2) is 7.44. The summed E-state index contributed by atoms with van der Waals surface area (Å²) in [6.45, 7) is 5.26. The van der Waals surface area contributed by atoms with Gasteiger partial charge >= 0.3 is 0 Å².